The lowest BCUT2D eigenvalue weighted by atomic mass is 9.97. The molecular formula is C23H30N4O3. The van der Waals surface area contributed by atoms with Crippen LogP contribution in [0.1, 0.15) is 42.6 Å². The number of carbonyl (C=O) groups excluding carboxylic acids is 2. The fourth-order valence-electron chi connectivity index (χ4n) is 3.67. The molecule has 0 radical (unpaired) electrons. The third-order valence-corrected chi connectivity index (χ3v) is 5.44. The zero-order valence-electron chi connectivity index (χ0n) is 18.2. The summed E-state index contributed by atoms with van der Waals surface area (Å²) in [7, 11) is 1.91. The van der Waals surface area contributed by atoms with Crippen molar-refractivity contribution in [1.82, 2.24) is 14.9 Å². The predicted molar refractivity (Wildman–Crippen MR) is 116 cm³/mol. The van der Waals surface area contributed by atoms with Crippen LogP contribution in [0.5, 0.6) is 0 Å². The van der Waals surface area contributed by atoms with Crippen LogP contribution in [-0.2, 0) is 9.53 Å². The van der Waals surface area contributed by atoms with E-state index in [2.05, 4.69) is 4.98 Å². The highest BCUT2D eigenvalue weighted by Gasteiger charge is 2.31. The first kappa shape index (κ1) is 21.7. The quantitative estimate of drug-likeness (QED) is 0.680. The minimum absolute atomic E-state index is 0.143. The molecule has 1 unspecified atom stereocenters. The Bertz CT molecular complexity index is 915. The first-order valence-electron chi connectivity index (χ1n) is 10.6. The summed E-state index contributed by atoms with van der Waals surface area (Å²) in [4.78, 5) is 38.4. The van der Waals surface area contributed by atoms with Gasteiger partial charge in [-0.2, -0.15) is 0 Å². The van der Waals surface area contributed by atoms with Gasteiger partial charge in [0.2, 0.25) is 0 Å². The number of esters is 1. The summed E-state index contributed by atoms with van der Waals surface area (Å²) in [5.74, 6) is 0.547. The van der Waals surface area contributed by atoms with Gasteiger partial charge in [0.05, 0.1) is 12.5 Å². The number of benzene rings is 1. The lowest BCUT2D eigenvalue weighted by molar-refractivity contribution is -0.149. The zero-order chi connectivity index (χ0) is 21.7. The number of hydrogen-bond donors (Lipinski definition) is 0. The maximum absolute atomic E-state index is 13.3. The van der Waals surface area contributed by atoms with Crippen molar-refractivity contribution in [3.63, 3.8) is 0 Å². The molecular weight excluding hydrogens is 380 g/mol. The summed E-state index contributed by atoms with van der Waals surface area (Å²) in [5.41, 5.74) is 2.50. The van der Waals surface area contributed by atoms with E-state index in [0.717, 1.165) is 24.0 Å². The molecule has 30 heavy (non-hydrogen) atoms. The molecule has 2 heterocycles. The second-order valence-corrected chi connectivity index (χ2v) is 7.66. The van der Waals surface area contributed by atoms with Crippen LogP contribution in [0.15, 0.2) is 30.5 Å². The molecule has 1 aromatic heterocycles. The highest BCUT2D eigenvalue weighted by Crippen LogP contribution is 2.26. The second kappa shape index (κ2) is 9.69. The van der Waals surface area contributed by atoms with Gasteiger partial charge in [-0.3, -0.25) is 9.59 Å². The van der Waals surface area contributed by atoms with Crippen LogP contribution in [-0.4, -0.2) is 60.0 Å². The first-order chi connectivity index (χ1) is 14.4. The Balaban J connectivity index is 1.90. The van der Waals surface area contributed by atoms with Crippen LogP contribution in [0.2, 0.25) is 0 Å². The van der Waals surface area contributed by atoms with Crippen molar-refractivity contribution in [2.45, 2.75) is 33.6 Å². The SMILES string of the molecule is CCOC(=O)C1CCCN(C(=O)c2cnc(-c3cccc(C)c3)nc2N(C)CC)C1. The van der Waals surface area contributed by atoms with Crippen molar-refractivity contribution >= 4 is 17.7 Å². The first-order valence-corrected chi connectivity index (χ1v) is 10.6. The number of carbonyl (C=O) groups is 2. The van der Waals surface area contributed by atoms with Gasteiger partial charge in [-0.25, -0.2) is 9.97 Å². The molecule has 7 heteroatoms. The topological polar surface area (TPSA) is 75.6 Å². The summed E-state index contributed by atoms with van der Waals surface area (Å²) in [6, 6.07) is 7.99. The van der Waals surface area contributed by atoms with Crippen molar-refractivity contribution in [2.75, 3.05) is 38.2 Å². The van der Waals surface area contributed by atoms with E-state index in [1.165, 1.54) is 0 Å². The van der Waals surface area contributed by atoms with E-state index in [0.29, 0.717) is 43.4 Å². The lowest BCUT2D eigenvalue weighted by Crippen LogP contribution is -2.43. The number of rotatable bonds is 6. The fourth-order valence-corrected chi connectivity index (χ4v) is 3.67. The van der Waals surface area contributed by atoms with E-state index in [4.69, 9.17) is 9.72 Å². The lowest BCUT2D eigenvalue weighted by Gasteiger charge is -2.32. The Labute approximate surface area is 178 Å². The van der Waals surface area contributed by atoms with Gasteiger partial charge in [-0.05, 0) is 39.7 Å². The number of nitrogens with zero attached hydrogens (tertiary/aromatic N) is 4. The number of hydrogen-bond acceptors (Lipinski definition) is 6. The second-order valence-electron chi connectivity index (χ2n) is 7.66. The highest BCUT2D eigenvalue weighted by atomic mass is 16.5. The molecule has 1 fully saturated rings. The van der Waals surface area contributed by atoms with Crippen LogP contribution < -0.4 is 4.90 Å². The van der Waals surface area contributed by atoms with Crippen LogP contribution in [0.25, 0.3) is 11.4 Å². The van der Waals surface area contributed by atoms with Crippen molar-refractivity contribution in [1.29, 1.82) is 0 Å². The summed E-state index contributed by atoms with van der Waals surface area (Å²) >= 11 is 0. The predicted octanol–water partition coefficient (Wildman–Crippen LogP) is 3.32. The number of anilines is 1. The van der Waals surface area contributed by atoms with Crippen LogP contribution in [0.3, 0.4) is 0 Å². The summed E-state index contributed by atoms with van der Waals surface area (Å²) < 4.78 is 5.16. The summed E-state index contributed by atoms with van der Waals surface area (Å²) in [6.45, 7) is 7.87. The Morgan fingerprint density at radius 2 is 2.10 bits per heavy atom. The minimum Gasteiger partial charge on any atom is -0.466 e. The molecule has 0 saturated carbocycles. The van der Waals surface area contributed by atoms with Gasteiger partial charge in [0.15, 0.2) is 5.82 Å². The average molecular weight is 411 g/mol. The van der Waals surface area contributed by atoms with Gasteiger partial charge in [0.1, 0.15) is 11.4 Å². The standard InChI is InChI=1S/C23H30N4O3/c1-5-26(4)21-19(14-24-20(25-21)17-10-7-9-16(3)13-17)22(28)27-12-8-11-18(15-27)23(29)30-6-2/h7,9-10,13-14,18H,5-6,8,11-12,15H2,1-4H3. The van der Waals surface area contributed by atoms with Crippen LogP contribution >= 0.6 is 0 Å². The third kappa shape index (κ3) is 4.78. The molecule has 1 amide bonds. The van der Waals surface area contributed by atoms with Crippen LogP contribution in [0, 0.1) is 12.8 Å². The molecule has 1 aliphatic rings. The maximum Gasteiger partial charge on any atom is 0.310 e. The monoisotopic (exact) mass is 410 g/mol. The summed E-state index contributed by atoms with van der Waals surface area (Å²) in [6.07, 6.45) is 3.13. The number of amides is 1. The van der Waals surface area contributed by atoms with E-state index >= 15 is 0 Å². The highest BCUT2D eigenvalue weighted by molar-refractivity contribution is 5.99. The number of aryl methyl sites for hydroxylation is 1. The van der Waals surface area contributed by atoms with Gasteiger partial charge in [0.25, 0.3) is 5.91 Å². The number of ether oxygens (including phenoxy) is 1. The normalized spacial score (nSPS) is 16.3. The molecule has 0 spiro atoms. The molecule has 160 valence electrons. The molecule has 0 aliphatic carbocycles. The van der Waals surface area contributed by atoms with Crippen molar-refractivity contribution in [3.05, 3.63) is 41.6 Å². The van der Waals surface area contributed by atoms with Gasteiger partial charge in [0, 0.05) is 38.4 Å². The van der Waals surface area contributed by atoms with Crippen molar-refractivity contribution in [3.8, 4) is 11.4 Å². The smallest absolute Gasteiger partial charge is 0.310 e. The van der Waals surface area contributed by atoms with Crippen molar-refractivity contribution in [2.24, 2.45) is 5.92 Å². The molecule has 1 aromatic carbocycles. The molecule has 0 bridgehead atoms. The molecule has 7 nitrogen and oxygen atoms in total. The average Bonchev–Trinajstić information content (AvgIpc) is 2.78. The van der Waals surface area contributed by atoms with Crippen LogP contribution in [0.4, 0.5) is 5.82 Å². The Morgan fingerprint density at radius 1 is 1.30 bits per heavy atom. The van der Waals surface area contributed by atoms with E-state index in [1.54, 1.807) is 18.0 Å². The van der Waals surface area contributed by atoms with E-state index in [1.807, 2.05) is 50.1 Å². The van der Waals surface area contributed by atoms with Gasteiger partial charge in [-0.15, -0.1) is 0 Å². The Morgan fingerprint density at radius 3 is 2.80 bits per heavy atom. The minimum atomic E-state index is -0.275. The van der Waals surface area contributed by atoms with E-state index < -0.39 is 0 Å². The van der Waals surface area contributed by atoms with Crippen molar-refractivity contribution < 1.29 is 14.3 Å². The van der Waals surface area contributed by atoms with E-state index in [9.17, 15) is 9.59 Å². The van der Waals surface area contributed by atoms with Gasteiger partial charge in [-0.1, -0.05) is 23.8 Å². The Kier molecular flexibility index (Phi) is 7.03. The largest absolute Gasteiger partial charge is 0.466 e. The number of aromatic nitrogens is 2. The van der Waals surface area contributed by atoms with E-state index in [-0.39, 0.29) is 17.8 Å². The third-order valence-electron chi connectivity index (χ3n) is 5.44. The summed E-state index contributed by atoms with van der Waals surface area (Å²) in [5, 5.41) is 0. The maximum atomic E-state index is 13.3. The molecule has 3 rings (SSSR count). The molecule has 0 N–H and O–H groups in total. The molecule has 1 aliphatic heterocycles. The fraction of sp³-hybridized carbons (Fsp3) is 0.478. The van der Waals surface area contributed by atoms with Gasteiger partial charge < -0.3 is 14.5 Å². The zero-order valence-corrected chi connectivity index (χ0v) is 18.2. The van der Waals surface area contributed by atoms with Gasteiger partial charge >= 0.3 is 5.97 Å². The molecule has 1 saturated heterocycles. The Hall–Kier alpha value is -2.96. The molecule has 2 aromatic rings. The number of piperidine rings is 1. The molecule has 1 atom stereocenters. The number of likely N-dealkylation sites (tertiary alicyclic amines) is 1.